The summed E-state index contributed by atoms with van der Waals surface area (Å²) in [4.78, 5) is 20.1. The minimum absolute atomic E-state index is 0.0936. The topological polar surface area (TPSA) is 72.4 Å². The average molecular weight is 331 g/mol. The van der Waals surface area contributed by atoms with Gasteiger partial charge in [-0.2, -0.15) is 0 Å². The normalized spacial score (nSPS) is 26.7. The van der Waals surface area contributed by atoms with Crippen LogP contribution in [0.25, 0.3) is 10.8 Å². The SMILES string of the molecule is Cc1ccc(-c2nc(C)c(C(=O)N3CC4CCC(N)C4C3)s2)o1. The second-order valence-electron chi connectivity index (χ2n) is 6.72. The van der Waals surface area contributed by atoms with E-state index in [2.05, 4.69) is 4.98 Å². The summed E-state index contributed by atoms with van der Waals surface area (Å²) in [6, 6.07) is 4.07. The van der Waals surface area contributed by atoms with Crippen molar-refractivity contribution in [2.45, 2.75) is 32.7 Å². The summed E-state index contributed by atoms with van der Waals surface area (Å²) >= 11 is 1.42. The number of thiazole rings is 1. The van der Waals surface area contributed by atoms with Crippen molar-refractivity contribution < 1.29 is 9.21 Å². The number of amides is 1. The van der Waals surface area contributed by atoms with Gasteiger partial charge in [-0.05, 0) is 50.7 Å². The fourth-order valence-corrected chi connectivity index (χ4v) is 4.86. The molecule has 5 nitrogen and oxygen atoms in total. The van der Waals surface area contributed by atoms with Crippen LogP contribution in [0.1, 0.15) is 34.0 Å². The number of aryl methyl sites for hydroxylation is 2. The summed E-state index contributed by atoms with van der Waals surface area (Å²) < 4.78 is 5.62. The van der Waals surface area contributed by atoms with Gasteiger partial charge in [0.1, 0.15) is 10.6 Å². The maximum absolute atomic E-state index is 12.9. The number of carbonyl (C=O) groups is 1. The summed E-state index contributed by atoms with van der Waals surface area (Å²) in [6.07, 6.45) is 2.24. The smallest absolute Gasteiger partial charge is 0.265 e. The van der Waals surface area contributed by atoms with Crippen LogP contribution < -0.4 is 5.73 Å². The molecule has 6 heteroatoms. The molecule has 122 valence electrons. The van der Waals surface area contributed by atoms with Gasteiger partial charge in [0, 0.05) is 19.1 Å². The van der Waals surface area contributed by atoms with Gasteiger partial charge >= 0.3 is 0 Å². The maximum atomic E-state index is 12.9. The van der Waals surface area contributed by atoms with Crippen LogP contribution in [0.3, 0.4) is 0 Å². The Morgan fingerprint density at radius 3 is 2.87 bits per heavy atom. The largest absolute Gasteiger partial charge is 0.459 e. The Morgan fingerprint density at radius 1 is 1.35 bits per heavy atom. The van der Waals surface area contributed by atoms with Crippen LogP contribution >= 0.6 is 11.3 Å². The summed E-state index contributed by atoms with van der Waals surface area (Å²) in [5, 5.41) is 0.773. The highest BCUT2D eigenvalue weighted by Crippen LogP contribution is 2.38. The molecule has 1 saturated heterocycles. The molecule has 0 radical (unpaired) electrons. The second-order valence-corrected chi connectivity index (χ2v) is 7.72. The molecule has 0 spiro atoms. The second kappa shape index (κ2) is 5.46. The fraction of sp³-hybridized carbons (Fsp3) is 0.529. The van der Waals surface area contributed by atoms with Crippen LogP contribution in [0.15, 0.2) is 16.5 Å². The van der Waals surface area contributed by atoms with Crippen molar-refractivity contribution in [3.8, 4) is 10.8 Å². The van der Waals surface area contributed by atoms with Crippen molar-refractivity contribution in [2.24, 2.45) is 17.6 Å². The highest BCUT2D eigenvalue weighted by atomic mass is 32.1. The van der Waals surface area contributed by atoms with Crippen molar-refractivity contribution in [2.75, 3.05) is 13.1 Å². The van der Waals surface area contributed by atoms with Crippen molar-refractivity contribution >= 4 is 17.2 Å². The van der Waals surface area contributed by atoms with E-state index < -0.39 is 0 Å². The Balaban J connectivity index is 1.56. The lowest BCUT2D eigenvalue weighted by Gasteiger charge is -2.18. The molecule has 2 aromatic rings. The number of carbonyl (C=O) groups excluding carboxylic acids is 1. The van der Waals surface area contributed by atoms with Gasteiger partial charge in [0.05, 0.1) is 5.69 Å². The predicted octanol–water partition coefficient (Wildman–Crippen LogP) is 2.83. The van der Waals surface area contributed by atoms with Gasteiger partial charge < -0.3 is 15.1 Å². The first-order valence-corrected chi connectivity index (χ1v) is 8.93. The third-order valence-electron chi connectivity index (χ3n) is 5.14. The monoisotopic (exact) mass is 331 g/mol. The lowest BCUT2D eigenvalue weighted by atomic mass is 9.98. The fourth-order valence-electron chi connectivity index (χ4n) is 3.87. The van der Waals surface area contributed by atoms with E-state index in [1.165, 1.54) is 11.3 Å². The summed E-state index contributed by atoms with van der Waals surface area (Å²) in [7, 11) is 0. The zero-order chi connectivity index (χ0) is 16.1. The predicted molar refractivity (Wildman–Crippen MR) is 89.4 cm³/mol. The third kappa shape index (κ3) is 2.50. The van der Waals surface area contributed by atoms with Crippen LogP contribution in [0.5, 0.6) is 0 Å². The summed E-state index contributed by atoms with van der Waals surface area (Å²) in [5.74, 6) is 2.72. The molecule has 0 bridgehead atoms. The first kappa shape index (κ1) is 14.9. The number of fused-ring (bicyclic) bond motifs is 1. The third-order valence-corrected chi connectivity index (χ3v) is 6.30. The van der Waals surface area contributed by atoms with Crippen LogP contribution in [-0.4, -0.2) is 34.9 Å². The lowest BCUT2D eigenvalue weighted by molar-refractivity contribution is 0.0783. The van der Waals surface area contributed by atoms with Gasteiger partial charge in [-0.15, -0.1) is 11.3 Å². The van der Waals surface area contributed by atoms with Crippen molar-refractivity contribution in [3.05, 3.63) is 28.5 Å². The lowest BCUT2D eigenvalue weighted by Crippen LogP contribution is -2.33. The summed E-state index contributed by atoms with van der Waals surface area (Å²) in [5.41, 5.74) is 6.96. The van der Waals surface area contributed by atoms with Crippen LogP contribution in [0.2, 0.25) is 0 Å². The van der Waals surface area contributed by atoms with E-state index in [0.717, 1.165) is 53.0 Å². The number of nitrogens with zero attached hydrogens (tertiary/aromatic N) is 2. The number of nitrogens with two attached hydrogens (primary N) is 1. The number of hydrogen-bond donors (Lipinski definition) is 1. The first-order valence-electron chi connectivity index (χ1n) is 8.12. The molecule has 4 rings (SSSR count). The number of rotatable bonds is 2. The number of likely N-dealkylation sites (tertiary alicyclic amines) is 1. The Labute approximate surface area is 139 Å². The molecule has 1 aliphatic heterocycles. The molecule has 3 unspecified atom stereocenters. The van der Waals surface area contributed by atoms with Gasteiger partial charge in [0.2, 0.25) is 0 Å². The molecule has 3 heterocycles. The van der Waals surface area contributed by atoms with Crippen LogP contribution in [0.4, 0.5) is 0 Å². The zero-order valence-electron chi connectivity index (χ0n) is 13.4. The van der Waals surface area contributed by atoms with Crippen LogP contribution in [0, 0.1) is 25.7 Å². The highest BCUT2D eigenvalue weighted by molar-refractivity contribution is 7.17. The summed E-state index contributed by atoms with van der Waals surface area (Å²) in [6.45, 7) is 5.43. The van der Waals surface area contributed by atoms with E-state index >= 15 is 0 Å². The highest BCUT2D eigenvalue weighted by Gasteiger charge is 2.43. The molecule has 1 aliphatic carbocycles. The maximum Gasteiger partial charge on any atom is 0.265 e. The molecule has 0 aromatic carbocycles. The molecule has 2 aromatic heterocycles. The minimum Gasteiger partial charge on any atom is -0.459 e. The average Bonchev–Trinajstić information content (AvgIpc) is 3.25. The van der Waals surface area contributed by atoms with Gasteiger partial charge in [0.15, 0.2) is 10.8 Å². The molecule has 1 amide bonds. The number of furan rings is 1. The Hall–Kier alpha value is -1.66. The van der Waals surface area contributed by atoms with E-state index in [-0.39, 0.29) is 11.9 Å². The van der Waals surface area contributed by atoms with E-state index in [1.807, 2.05) is 30.9 Å². The molecule has 2 fully saturated rings. The Morgan fingerprint density at radius 2 is 2.17 bits per heavy atom. The van der Waals surface area contributed by atoms with E-state index in [4.69, 9.17) is 10.2 Å². The van der Waals surface area contributed by atoms with E-state index in [9.17, 15) is 4.79 Å². The molecular formula is C17H21N3O2S. The quantitative estimate of drug-likeness (QED) is 0.918. The standard InChI is InChI=1S/C17H21N3O2S/c1-9-3-6-14(22-9)16-19-10(2)15(23-16)17(21)20-7-11-4-5-13(18)12(11)8-20/h3,6,11-13H,4-5,7-8,18H2,1-2H3. The zero-order valence-corrected chi connectivity index (χ0v) is 14.2. The number of hydrogen-bond acceptors (Lipinski definition) is 5. The Kier molecular flexibility index (Phi) is 3.54. The minimum atomic E-state index is 0.0936. The van der Waals surface area contributed by atoms with Crippen molar-refractivity contribution in [1.82, 2.24) is 9.88 Å². The molecule has 2 N–H and O–H groups in total. The van der Waals surface area contributed by atoms with E-state index in [0.29, 0.717) is 11.8 Å². The molecular weight excluding hydrogens is 310 g/mol. The van der Waals surface area contributed by atoms with Crippen LogP contribution in [-0.2, 0) is 0 Å². The first-order chi connectivity index (χ1) is 11.0. The van der Waals surface area contributed by atoms with Gasteiger partial charge in [-0.25, -0.2) is 4.98 Å². The van der Waals surface area contributed by atoms with Gasteiger partial charge in [-0.1, -0.05) is 0 Å². The van der Waals surface area contributed by atoms with Gasteiger partial charge in [-0.3, -0.25) is 4.79 Å². The van der Waals surface area contributed by atoms with Crippen molar-refractivity contribution in [3.63, 3.8) is 0 Å². The number of aromatic nitrogens is 1. The molecule has 23 heavy (non-hydrogen) atoms. The van der Waals surface area contributed by atoms with Gasteiger partial charge in [0.25, 0.3) is 5.91 Å². The Bertz CT molecular complexity index is 751. The molecule has 1 saturated carbocycles. The van der Waals surface area contributed by atoms with Crippen molar-refractivity contribution in [1.29, 1.82) is 0 Å². The molecule has 2 aliphatic rings. The van der Waals surface area contributed by atoms with E-state index in [1.54, 1.807) is 0 Å². The molecule has 3 atom stereocenters.